The summed E-state index contributed by atoms with van der Waals surface area (Å²) in [6.45, 7) is 0. The molecule has 6 nitrogen and oxygen atoms in total. The van der Waals surface area contributed by atoms with Crippen molar-refractivity contribution in [2.45, 2.75) is 0 Å². The van der Waals surface area contributed by atoms with Gasteiger partial charge in [0, 0.05) is 33.1 Å². The Morgan fingerprint density at radius 1 is 1.33 bits per heavy atom. The third kappa shape index (κ3) is 4.22. The van der Waals surface area contributed by atoms with Gasteiger partial charge in [-0.2, -0.15) is 5.26 Å². The molecule has 0 atom stereocenters. The first-order chi connectivity index (χ1) is 13.0. The van der Waals surface area contributed by atoms with Crippen molar-refractivity contribution >= 4 is 44.6 Å². The second kappa shape index (κ2) is 8.12. The molecule has 134 valence electrons. The summed E-state index contributed by atoms with van der Waals surface area (Å²) < 4.78 is 6.22. The van der Waals surface area contributed by atoms with Gasteiger partial charge >= 0.3 is 0 Å². The minimum Gasteiger partial charge on any atom is -0.496 e. The van der Waals surface area contributed by atoms with E-state index in [-0.39, 0.29) is 5.69 Å². The molecule has 3 aromatic rings. The van der Waals surface area contributed by atoms with Crippen LogP contribution in [-0.2, 0) is 0 Å². The summed E-state index contributed by atoms with van der Waals surface area (Å²) in [5, 5.41) is 23.0. The highest BCUT2D eigenvalue weighted by atomic mass is 79.9. The fourth-order valence-corrected chi connectivity index (χ4v) is 3.46. The van der Waals surface area contributed by atoms with Crippen LogP contribution in [-0.4, -0.2) is 17.0 Å². The van der Waals surface area contributed by atoms with Crippen molar-refractivity contribution in [1.29, 1.82) is 5.26 Å². The van der Waals surface area contributed by atoms with Crippen LogP contribution in [0.4, 0.5) is 5.69 Å². The molecule has 0 unspecified atom stereocenters. The van der Waals surface area contributed by atoms with E-state index in [4.69, 9.17) is 4.74 Å². The number of hydrogen-bond acceptors (Lipinski definition) is 6. The molecule has 0 amide bonds. The van der Waals surface area contributed by atoms with Gasteiger partial charge in [0.2, 0.25) is 0 Å². The Morgan fingerprint density at radius 3 is 2.70 bits per heavy atom. The predicted molar refractivity (Wildman–Crippen MR) is 108 cm³/mol. The zero-order chi connectivity index (χ0) is 19.4. The van der Waals surface area contributed by atoms with Crippen molar-refractivity contribution < 1.29 is 9.66 Å². The van der Waals surface area contributed by atoms with Gasteiger partial charge in [-0.1, -0.05) is 28.1 Å². The lowest BCUT2D eigenvalue weighted by molar-refractivity contribution is -0.384. The van der Waals surface area contributed by atoms with Gasteiger partial charge in [-0.05, 0) is 24.3 Å². The van der Waals surface area contributed by atoms with Crippen LogP contribution in [0.1, 0.15) is 10.6 Å². The molecular formula is C19H12BrN3O3S. The molecule has 2 aromatic carbocycles. The van der Waals surface area contributed by atoms with E-state index in [2.05, 4.69) is 27.0 Å². The first-order valence-corrected chi connectivity index (χ1v) is 9.35. The minimum absolute atomic E-state index is 0.0750. The highest BCUT2D eigenvalue weighted by Crippen LogP contribution is 2.31. The molecule has 3 rings (SSSR count). The van der Waals surface area contributed by atoms with Crippen LogP contribution < -0.4 is 4.74 Å². The quantitative estimate of drug-likeness (QED) is 0.294. The lowest BCUT2D eigenvalue weighted by Gasteiger charge is -2.05. The maximum Gasteiger partial charge on any atom is 0.270 e. The lowest BCUT2D eigenvalue weighted by atomic mass is 10.1. The summed E-state index contributed by atoms with van der Waals surface area (Å²) in [4.78, 5) is 15.1. The highest BCUT2D eigenvalue weighted by Gasteiger charge is 2.13. The molecule has 0 spiro atoms. The summed E-state index contributed by atoms with van der Waals surface area (Å²) in [5.74, 6) is 0.443. The Kier molecular flexibility index (Phi) is 5.64. The number of nitriles is 1. The van der Waals surface area contributed by atoms with Gasteiger partial charge in [-0.15, -0.1) is 11.3 Å². The third-order valence-corrected chi connectivity index (χ3v) is 5.12. The second-order valence-electron chi connectivity index (χ2n) is 5.40. The average molecular weight is 442 g/mol. The molecule has 0 fully saturated rings. The van der Waals surface area contributed by atoms with E-state index in [0.717, 1.165) is 15.7 Å². The normalized spacial score (nSPS) is 11.1. The van der Waals surface area contributed by atoms with Crippen LogP contribution >= 0.6 is 27.3 Å². The molecule has 0 aliphatic carbocycles. The van der Waals surface area contributed by atoms with Crippen molar-refractivity contribution in [2.75, 3.05) is 7.11 Å². The van der Waals surface area contributed by atoms with Gasteiger partial charge < -0.3 is 4.74 Å². The number of aromatic nitrogens is 1. The molecule has 0 saturated heterocycles. The summed E-state index contributed by atoms with van der Waals surface area (Å²) in [6.07, 6.45) is 1.55. The SMILES string of the molecule is COc1ccc([N+](=O)[O-])cc1/C=C(\C#N)c1nc(-c2ccc(Br)cc2)cs1. The number of non-ortho nitro benzene ring substituents is 1. The number of halogens is 1. The zero-order valence-corrected chi connectivity index (χ0v) is 16.5. The number of nitrogens with zero attached hydrogens (tertiary/aromatic N) is 3. The topological polar surface area (TPSA) is 89.0 Å². The van der Waals surface area contributed by atoms with Gasteiger partial charge in [-0.25, -0.2) is 4.98 Å². The average Bonchev–Trinajstić information content (AvgIpc) is 3.16. The van der Waals surface area contributed by atoms with E-state index in [0.29, 0.717) is 21.9 Å². The van der Waals surface area contributed by atoms with E-state index in [1.165, 1.54) is 36.6 Å². The van der Waals surface area contributed by atoms with Gasteiger partial charge in [-0.3, -0.25) is 10.1 Å². The van der Waals surface area contributed by atoms with Crippen molar-refractivity contribution in [3.63, 3.8) is 0 Å². The predicted octanol–water partition coefficient (Wildman–Crippen LogP) is 5.55. The van der Waals surface area contributed by atoms with Gasteiger partial charge in [0.1, 0.15) is 16.8 Å². The molecule has 0 bridgehead atoms. The van der Waals surface area contributed by atoms with Crippen molar-refractivity contribution in [1.82, 2.24) is 4.98 Å². The maximum absolute atomic E-state index is 11.0. The standard InChI is InChI=1S/C19H12BrN3O3S/c1-26-18-7-6-16(23(24)25)9-13(18)8-14(10-21)19-22-17(11-27-19)12-2-4-15(20)5-3-12/h2-9,11H,1H3/b14-8+. The zero-order valence-electron chi connectivity index (χ0n) is 14.0. The second-order valence-corrected chi connectivity index (χ2v) is 7.17. The molecule has 0 aliphatic rings. The molecular weight excluding hydrogens is 430 g/mol. The van der Waals surface area contributed by atoms with Gasteiger partial charge in [0.15, 0.2) is 0 Å². The Bertz CT molecular complexity index is 1070. The largest absolute Gasteiger partial charge is 0.496 e. The fourth-order valence-electron chi connectivity index (χ4n) is 2.40. The molecule has 0 saturated carbocycles. The van der Waals surface area contributed by atoms with Crippen LogP contribution in [0.15, 0.2) is 52.3 Å². The lowest BCUT2D eigenvalue weighted by Crippen LogP contribution is -1.92. The fraction of sp³-hybridized carbons (Fsp3) is 0.0526. The van der Waals surface area contributed by atoms with Gasteiger partial charge in [0.05, 0.1) is 23.3 Å². The number of rotatable bonds is 5. The van der Waals surface area contributed by atoms with Crippen molar-refractivity contribution in [3.05, 3.63) is 73.0 Å². The Balaban J connectivity index is 2.01. The summed E-state index contributed by atoms with van der Waals surface area (Å²) in [5.41, 5.74) is 2.38. The summed E-state index contributed by atoms with van der Waals surface area (Å²) in [6, 6.07) is 14.1. The Labute approximate surface area is 167 Å². The van der Waals surface area contributed by atoms with Crippen molar-refractivity contribution in [3.8, 4) is 23.1 Å². The minimum atomic E-state index is -0.488. The van der Waals surface area contributed by atoms with Crippen LogP contribution in [0.25, 0.3) is 22.9 Å². The van der Waals surface area contributed by atoms with E-state index in [9.17, 15) is 15.4 Å². The monoisotopic (exact) mass is 441 g/mol. The van der Waals surface area contributed by atoms with E-state index >= 15 is 0 Å². The first-order valence-electron chi connectivity index (χ1n) is 7.68. The summed E-state index contributed by atoms with van der Waals surface area (Å²) >= 11 is 4.73. The molecule has 1 aromatic heterocycles. The molecule has 0 radical (unpaired) electrons. The smallest absolute Gasteiger partial charge is 0.270 e. The van der Waals surface area contributed by atoms with E-state index in [1.807, 2.05) is 29.6 Å². The van der Waals surface area contributed by atoms with Crippen LogP contribution in [0.5, 0.6) is 5.75 Å². The molecule has 8 heteroatoms. The van der Waals surface area contributed by atoms with E-state index < -0.39 is 4.92 Å². The number of nitro groups is 1. The number of hydrogen-bond donors (Lipinski definition) is 0. The van der Waals surface area contributed by atoms with Crippen LogP contribution in [0.3, 0.4) is 0 Å². The number of benzene rings is 2. The van der Waals surface area contributed by atoms with Gasteiger partial charge in [0.25, 0.3) is 5.69 Å². The number of nitro benzene ring substituents is 1. The van der Waals surface area contributed by atoms with Crippen LogP contribution in [0.2, 0.25) is 0 Å². The number of allylic oxidation sites excluding steroid dienone is 1. The number of methoxy groups -OCH3 is 1. The third-order valence-electron chi connectivity index (χ3n) is 3.72. The Hall–Kier alpha value is -3.02. The molecule has 1 heterocycles. The van der Waals surface area contributed by atoms with Crippen LogP contribution in [0, 0.1) is 21.4 Å². The number of thiazole rings is 1. The molecule has 27 heavy (non-hydrogen) atoms. The molecule has 0 aliphatic heterocycles. The Morgan fingerprint density at radius 2 is 2.07 bits per heavy atom. The summed E-state index contributed by atoms with van der Waals surface area (Å²) in [7, 11) is 1.47. The molecule has 0 N–H and O–H groups in total. The number of ether oxygens (including phenoxy) is 1. The van der Waals surface area contributed by atoms with E-state index in [1.54, 1.807) is 6.08 Å². The van der Waals surface area contributed by atoms with Crippen molar-refractivity contribution in [2.24, 2.45) is 0 Å². The highest BCUT2D eigenvalue weighted by molar-refractivity contribution is 9.10. The maximum atomic E-state index is 11.0. The first kappa shape index (κ1) is 18.8.